The average molecular weight is 316 g/mol. The second-order valence-electron chi connectivity index (χ2n) is 5.72. The summed E-state index contributed by atoms with van der Waals surface area (Å²) < 4.78 is 16.0. The second-order valence-corrected chi connectivity index (χ2v) is 5.72. The maximum atomic E-state index is 12.2. The molecular weight excluding hydrogens is 296 g/mol. The van der Waals surface area contributed by atoms with Crippen LogP contribution in [0, 0.1) is 5.92 Å². The number of methoxy groups -OCH3 is 1. The number of ether oxygens (including phenoxy) is 2. The third-order valence-corrected chi connectivity index (χ3v) is 3.77. The molecule has 0 aliphatic heterocycles. The maximum Gasteiger partial charge on any atom is 0.275 e. The fourth-order valence-corrected chi connectivity index (χ4v) is 2.26. The molecule has 0 radical (unpaired) electrons. The lowest BCUT2D eigenvalue weighted by Crippen LogP contribution is -2.29. The Bertz CT molecular complexity index is 661. The summed E-state index contributed by atoms with van der Waals surface area (Å²) in [4.78, 5) is 18.1. The van der Waals surface area contributed by atoms with Crippen molar-refractivity contribution in [3.8, 4) is 11.5 Å². The first-order valence-electron chi connectivity index (χ1n) is 7.62. The van der Waals surface area contributed by atoms with Crippen LogP contribution in [0.25, 0.3) is 0 Å². The number of rotatable bonds is 7. The molecule has 1 saturated carbocycles. The van der Waals surface area contributed by atoms with Crippen LogP contribution in [0.5, 0.6) is 11.5 Å². The summed E-state index contributed by atoms with van der Waals surface area (Å²) in [6, 6.07) is 7.23. The van der Waals surface area contributed by atoms with Crippen LogP contribution in [-0.2, 0) is 6.61 Å². The minimum atomic E-state index is -0.114. The highest BCUT2D eigenvalue weighted by Crippen LogP contribution is 2.29. The minimum absolute atomic E-state index is 0.114. The van der Waals surface area contributed by atoms with Gasteiger partial charge in [-0.2, -0.15) is 0 Å². The lowest BCUT2D eigenvalue weighted by Gasteiger charge is -2.14. The molecule has 0 bridgehead atoms. The van der Waals surface area contributed by atoms with E-state index in [0.717, 1.165) is 12.3 Å². The fourth-order valence-electron chi connectivity index (χ4n) is 2.26. The number of carbonyl (C=O) groups is 1. The van der Waals surface area contributed by atoms with Crippen molar-refractivity contribution in [3.05, 3.63) is 42.1 Å². The highest BCUT2D eigenvalue weighted by Gasteiger charge is 2.26. The van der Waals surface area contributed by atoms with E-state index >= 15 is 0 Å². The number of carbonyl (C=O) groups excluding carboxylic acids is 1. The van der Waals surface area contributed by atoms with Gasteiger partial charge in [-0.3, -0.25) is 4.79 Å². The monoisotopic (exact) mass is 316 g/mol. The molecule has 3 rings (SSSR count). The minimum Gasteiger partial charge on any atom is -0.497 e. The van der Waals surface area contributed by atoms with Gasteiger partial charge in [0.2, 0.25) is 5.89 Å². The van der Waals surface area contributed by atoms with Gasteiger partial charge in [-0.15, -0.1) is 0 Å². The topological polar surface area (TPSA) is 64.8 Å². The predicted octanol–water partition coefficient (Wildman–Crippen LogP) is 2.74. The van der Waals surface area contributed by atoms with Gasteiger partial charge in [0.15, 0.2) is 12.3 Å². The number of nitrogens with zero attached hydrogens (tertiary/aromatic N) is 2. The summed E-state index contributed by atoms with van der Waals surface area (Å²) in [6.45, 7) is 0.954. The van der Waals surface area contributed by atoms with Gasteiger partial charge in [-0.1, -0.05) is 0 Å². The molecule has 0 N–H and O–H groups in total. The summed E-state index contributed by atoms with van der Waals surface area (Å²) >= 11 is 0. The van der Waals surface area contributed by atoms with Crippen LogP contribution in [0.4, 0.5) is 0 Å². The molecule has 0 atom stereocenters. The first kappa shape index (κ1) is 15.4. The van der Waals surface area contributed by atoms with Gasteiger partial charge >= 0.3 is 0 Å². The lowest BCUT2D eigenvalue weighted by molar-refractivity contribution is 0.0783. The molecule has 0 spiro atoms. The molecule has 1 aliphatic carbocycles. The van der Waals surface area contributed by atoms with E-state index in [1.165, 1.54) is 19.1 Å². The van der Waals surface area contributed by atoms with Crippen LogP contribution in [-0.4, -0.2) is 36.5 Å². The Kier molecular flexibility index (Phi) is 4.50. The Balaban J connectivity index is 1.54. The molecular formula is C17H20N2O4. The molecule has 1 aromatic carbocycles. The Labute approximate surface area is 135 Å². The highest BCUT2D eigenvalue weighted by atomic mass is 16.5. The van der Waals surface area contributed by atoms with Gasteiger partial charge in [0, 0.05) is 13.6 Å². The van der Waals surface area contributed by atoms with E-state index in [-0.39, 0.29) is 12.5 Å². The summed E-state index contributed by atoms with van der Waals surface area (Å²) in [7, 11) is 3.41. The van der Waals surface area contributed by atoms with Crippen LogP contribution >= 0.6 is 0 Å². The standard InChI is InChI=1S/C17H20N2O4/c1-19(9-12-3-4-12)17(20)15-10-23-16(18-15)11-22-14-7-5-13(21-2)6-8-14/h5-8,10,12H,3-4,9,11H2,1-2H3. The molecule has 1 heterocycles. The SMILES string of the molecule is COc1ccc(OCc2nc(C(=O)N(C)CC3CC3)co2)cc1. The number of hydrogen-bond donors (Lipinski definition) is 0. The van der Waals surface area contributed by atoms with E-state index in [9.17, 15) is 4.79 Å². The fraction of sp³-hybridized carbons (Fsp3) is 0.412. The average Bonchev–Trinajstić information content (AvgIpc) is 3.26. The molecule has 122 valence electrons. The number of benzene rings is 1. The molecule has 0 saturated heterocycles. The highest BCUT2D eigenvalue weighted by molar-refractivity contribution is 5.91. The molecule has 2 aromatic rings. The second kappa shape index (κ2) is 6.73. The van der Waals surface area contributed by atoms with Gasteiger partial charge in [0.05, 0.1) is 7.11 Å². The van der Waals surface area contributed by atoms with Crippen molar-refractivity contribution in [2.75, 3.05) is 20.7 Å². The smallest absolute Gasteiger partial charge is 0.275 e. The van der Waals surface area contributed by atoms with Crippen molar-refractivity contribution in [1.82, 2.24) is 9.88 Å². The molecule has 23 heavy (non-hydrogen) atoms. The molecule has 6 heteroatoms. The van der Waals surface area contributed by atoms with Gasteiger partial charge in [-0.25, -0.2) is 4.98 Å². The third-order valence-electron chi connectivity index (χ3n) is 3.77. The van der Waals surface area contributed by atoms with Crippen LogP contribution in [0.15, 0.2) is 34.9 Å². The molecule has 0 unspecified atom stereocenters. The van der Waals surface area contributed by atoms with Crippen molar-refractivity contribution in [3.63, 3.8) is 0 Å². The van der Waals surface area contributed by atoms with Gasteiger partial charge in [0.1, 0.15) is 17.8 Å². The van der Waals surface area contributed by atoms with Crippen molar-refractivity contribution in [2.24, 2.45) is 5.92 Å². The zero-order valence-corrected chi connectivity index (χ0v) is 13.3. The summed E-state index contributed by atoms with van der Waals surface area (Å²) in [5, 5.41) is 0. The molecule has 6 nitrogen and oxygen atoms in total. The maximum absolute atomic E-state index is 12.2. The largest absolute Gasteiger partial charge is 0.497 e. The van der Waals surface area contributed by atoms with Gasteiger partial charge < -0.3 is 18.8 Å². The Morgan fingerprint density at radius 1 is 1.30 bits per heavy atom. The van der Waals surface area contributed by atoms with Gasteiger partial charge in [0.25, 0.3) is 5.91 Å². The molecule has 1 fully saturated rings. The first-order chi connectivity index (χ1) is 11.2. The molecule has 1 aliphatic rings. The summed E-state index contributed by atoms with van der Waals surface area (Å²) in [6.07, 6.45) is 3.80. The number of aromatic nitrogens is 1. The number of amides is 1. The normalized spacial score (nSPS) is 13.7. The van der Waals surface area contributed by atoms with Crippen molar-refractivity contribution < 1.29 is 18.7 Å². The number of hydrogen-bond acceptors (Lipinski definition) is 5. The van der Waals surface area contributed by atoms with Crippen molar-refractivity contribution in [1.29, 1.82) is 0 Å². The van der Waals surface area contributed by atoms with Crippen LogP contribution < -0.4 is 9.47 Å². The van der Waals surface area contributed by atoms with E-state index in [4.69, 9.17) is 13.9 Å². The van der Waals surface area contributed by atoms with Crippen LogP contribution in [0.2, 0.25) is 0 Å². The van der Waals surface area contributed by atoms with E-state index in [1.807, 2.05) is 12.1 Å². The Morgan fingerprint density at radius 3 is 2.65 bits per heavy atom. The predicted molar refractivity (Wildman–Crippen MR) is 83.5 cm³/mol. The zero-order valence-electron chi connectivity index (χ0n) is 13.3. The first-order valence-corrected chi connectivity index (χ1v) is 7.62. The Hall–Kier alpha value is -2.50. The van der Waals surface area contributed by atoms with E-state index in [0.29, 0.717) is 23.3 Å². The molecule has 1 amide bonds. The van der Waals surface area contributed by atoms with Crippen LogP contribution in [0.1, 0.15) is 29.2 Å². The van der Waals surface area contributed by atoms with E-state index in [1.54, 1.807) is 31.2 Å². The third kappa shape index (κ3) is 4.03. The zero-order chi connectivity index (χ0) is 16.2. The summed E-state index contributed by atoms with van der Waals surface area (Å²) in [5.74, 6) is 2.36. The van der Waals surface area contributed by atoms with Crippen molar-refractivity contribution >= 4 is 5.91 Å². The Morgan fingerprint density at radius 2 is 2.00 bits per heavy atom. The van der Waals surface area contributed by atoms with E-state index < -0.39 is 0 Å². The number of oxazole rings is 1. The summed E-state index contributed by atoms with van der Waals surface area (Å²) in [5.41, 5.74) is 0.321. The van der Waals surface area contributed by atoms with Gasteiger partial charge in [-0.05, 0) is 43.0 Å². The molecule has 1 aromatic heterocycles. The lowest BCUT2D eigenvalue weighted by atomic mass is 10.3. The quantitative estimate of drug-likeness (QED) is 0.786. The van der Waals surface area contributed by atoms with Crippen molar-refractivity contribution in [2.45, 2.75) is 19.4 Å². The van der Waals surface area contributed by atoms with Crippen LogP contribution in [0.3, 0.4) is 0 Å². The van der Waals surface area contributed by atoms with E-state index in [2.05, 4.69) is 4.98 Å².